The summed E-state index contributed by atoms with van der Waals surface area (Å²) >= 11 is 0. The number of rotatable bonds is 9. The summed E-state index contributed by atoms with van der Waals surface area (Å²) in [6.45, 7) is 3.89. The van der Waals surface area contributed by atoms with Crippen LogP contribution in [0.15, 0.2) is 59.1 Å². The number of ether oxygens (including phenoxy) is 2. The van der Waals surface area contributed by atoms with Crippen molar-refractivity contribution in [1.29, 1.82) is 0 Å². The van der Waals surface area contributed by atoms with Gasteiger partial charge in [-0.1, -0.05) is 67.5 Å². The lowest BCUT2D eigenvalue weighted by molar-refractivity contribution is 0.0796. The third-order valence-corrected chi connectivity index (χ3v) is 4.84. The number of aliphatic hydroxyl groups excluding tert-OH is 1. The Morgan fingerprint density at radius 2 is 1.84 bits per heavy atom. The molecule has 0 aliphatic heterocycles. The Bertz CT molecular complexity index is 974. The summed E-state index contributed by atoms with van der Waals surface area (Å²) in [5.41, 5.74) is 1.76. The van der Waals surface area contributed by atoms with Crippen LogP contribution in [0.1, 0.15) is 42.8 Å². The summed E-state index contributed by atoms with van der Waals surface area (Å²) < 4.78 is 15.9. The molecule has 1 unspecified atom stereocenters. The van der Waals surface area contributed by atoms with Crippen molar-refractivity contribution in [1.82, 2.24) is 15.5 Å². The number of methoxy groups -OCH3 is 1. The number of alkyl carbamates (subject to hydrolysis) is 1. The lowest BCUT2D eigenvalue weighted by atomic mass is 9.98. The lowest BCUT2D eigenvalue weighted by Crippen LogP contribution is -2.43. The highest BCUT2D eigenvalue weighted by Gasteiger charge is 2.30. The number of aromatic nitrogens is 2. The van der Waals surface area contributed by atoms with E-state index in [1.165, 1.54) is 0 Å². The van der Waals surface area contributed by atoms with E-state index in [1.807, 2.05) is 68.4 Å². The van der Waals surface area contributed by atoms with Gasteiger partial charge in [-0.2, -0.15) is 4.98 Å². The zero-order valence-electron chi connectivity index (χ0n) is 17.8. The number of hydrogen-bond acceptors (Lipinski definition) is 7. The Balaban J connectivity index is 1.63. The quantitative estimate of drug-likeness (QED) is 0.539. The van der Waals surface area contributed by atoms with Gasteiger partial charge in [-0.15, -0.1) is 0 Å². The van der Waals surface area contributed by atoms with Crippen LogP contribution in [0, 0.1) is 5.92 Å². The molecule has 164 valence electrons. The molecular weight excluding hydrogens is 398 g/mol. The number of nitrogens with zero attached hydrogens (tertiary/aromatic N) is 2. The Labute approximate surface area is 181 Å². The van der Waals surface area contributed by atoms with Gasteiger partial charge in [0.15, 0.2) is 0 Å². The van der Waals surface area contributed by atoms with Gasteiger partial charge < -0.3 is 24.4 Å². The Hall–Kier alpha value is -3.39. The molecule has 1 aromatic heterocycles. The molecule has 1 heterocycles. The average molecular weight is 425 g/mol. The summed E-state index contributed by atoms with van der Waals surface area (Å²) in [7, 11) is 1.59. The number of para-hydroxylation sites is 1. The van der Waals surface area contributed by atoms with Gasteiger partial charge in [-0.3, -0.25) is 0 Å². The zero-order chi connectivity index (χ0) is 22.2. The maximum absolute atomic E-state index is 12.3. The van der Waals surface area contributed by atoms with E-state index < -0.39 is 18.2 Å². The van der Waals surface area contributed by atoms with Gasteiger partial charge in [0.1, 0.15) is 18.5 Å². The lowest BCUT2D eigenvalue weighted by Gasteiger charge is -2.25. The van der Waals surface area contributed by atoms with E-state index in [1.54, 1.807) is 7.11 Å². The fourth-order valence-electron chi connectivity index (χ4n) is 3.14. The van der Waals surface area contributed by atoms with E-state index >= 15 is 0 Å². The van der Waals surface area contributed by atoms with Gasteiger partial charge in [0.25, 0.3) is 0 Å². The average Bonchev–Trinajstić information content (AvgIpc) is 3.25. The largest absolute Gasteiger partial charge is 0.496 e. The molecule has 0 radical (unpaired) electrons. The molecule has 0 spiro atoms. The number of amides is 1. The highest BCUT2D eigenvalue weighted by molar-refractivity contribution is 5.67. The zero-order valence-corrected chi connectivity index (χ0v) is 17.8. The Morgan fingerprint density at radius 1 is 1.13 bits per heavy atom. The minimum absolute atomic E-state index is 0.101. The fraction of sp³-hybridized carbons (Fsp3) is 0.348. The molecule has 31 heavy (non-hydrogen) atoms. The first kappa shape index (κ1) is 22.3. The van der Waals surface area contributed by atoms with Gasteiger partial charge >= 0.3 is 6.09 Å². The predicted octanol–water partition coefficient (Wildman–Crippen LogP) is 3.65. The van der Waals surface area contributed by atoms with Gasteiger partial charge in [0, 0.05) is 5.56 Å². The number of carbonyl (C=O) groups is 1. The molecule has 8 nitrogen and oxygen atoms in total. The van der Waals surface area contributed by atoms with Gasteiger partial charge in [0.05, 0.1) is 19.6 Å². The van der Waals surface area contributed by atoms with Crippen molar-refractivity contribution in [3.8, 4) is 5.75 Å². The molecule has 3 aromatic rings. The molecular formula is C23H27N3O5. The molecule has 3 rings (SSSR count). The molecule has 0 aliphatic carbocycles. The van der Waals surface area contributed by atoms with Crippen molar-refractivity contribution in [2.24, 2.45) is 5.92 Å². The monoisotopic (exact) mass is 425 g/mol. The van der Waals surface area contributed by atoms with Crippen LogP contribution >= 0.6 is 0 Å². The number of nitrogens with one attached hydrogen (secondary N) is 1. The first-order chi connectivity index (χ1) is 15.0. The summed E-state index contributed by atoms with van der Waals surface area (Å²) in [4.78, 5) is 16.6. The summed E-state index contributed by atoms with van der Waals surface area (Å²) in [6.07, 6.45) is -1.42. The molecule has 0 aliphatic rings. The van der Waals surface area contributed by atoms with Crippen molar-refractivity contribution in [3.05, 3.63) is 77.4 Å². The molecule has 2 N–H and O–H groups in total. The normalized spacial score (nSPS) is 12.9. The first-order valence-electron chi connectivity index (χ1n) is 10.1. The summed E-state index contributed by atoms with van der Waals surface area (Å²) in [6, 6.07) is 16.2. The van der Waals surface area contributed by atoms with Crippen LogP contribution in [0.3, 0.4) is 0 Å². The highest BCUT2D eigenvalue weighted by Crippen LogP contribution is 2.23. The van der Waals surface area contributed by atoms with Crippen molar-refractivity contribution in [2.45, 2.75) is 39.0 Å². The topological polar surface area (TPSA) is 107 Å². The van der Waals surface area contributed by atoms with Gasteiger partial charge in [0.2, 0.25) is 11.7 Å². The van der Waals surface area contributed by atoms with E-state index in [9.17, 15) is 9.90 Å². The minimum Gasteiger partial charge on any atom is -0.496 e. The molecule has 0 saturated carbocycles. The van der Waals surface area contributed by atoms with E-state index in [4.69, 9.17) is 14.0 Å². The van der Waals surface area contributed by atoms with Crippen LogP contribution in [0.5, 0.6) is 5.75 Å². The van der Waals surface area contributed by atoms with Crippen LogP contribution in [-0.4, -0.2) is 34.5 Å². The first-order valence-corrected chi connectivity index (χ1v) is 10.1. The maximum atomic E-state index is 12.3. The van der Waals surface area contributed by atoms with E-state index in [2.05, 4.69) is 15.5 Å². The molecule has 0 bridgehead atoms. The van der Waals surface area contributed by atoms with E-state index in [0.717, 1.165) is 11.1 Å². The van der Waals surface area contributed by atoms with Crippen molar-refractivity contribution < 1.29 is 23.9 Å². The maximum Gasteiger partial charge on any atom is 0.407 e. The molecule has 2 aromatic carbocycles. The molecule has 0 fully saturated rings. The number of benzene rings is 2. The molecule has 8 heteroatoms. The Kier molecular flexibility index (Phi) is 7.61. The second-order valence-corrected chi connectivity index (χ2v) is 7.46. The second-order valence-electron chi connectivity index (χ2n) is 7.46. The van der Waals surface area contributed by atoms with Crippen LogP contribution in [-0.2, 0) is 17.8 Å². The van der Waals surface area contributed by atoms with Crippen LogP contribution in [0.2, 0.25) is 0 Å². The van der Waals surface area contributed by atoms with Crippen molar-refractivity contribution in [2.75, 3.05) is 7.11 Å². The molecule has 2 atom stereocenters. The number of aliphatic hydroxyl groups is 1. The molecule has 1 amide bonds. The third-order valence-electron chi connectivity index (χ3n) is 4.84. The fourth-order valence-corrected chi connectivity index (χ4v) is 3.14. The highest BCUT2D eigenvalue weighted by atomic mass is 16.5. The van der Waals surface area contributed by atoms with Crippen molar-refractivity contribution in [3.63, 3.8) is 0 Å². The smallest absolute Gasteiger partial charge is 0.407 e. The van der Waals surface area contributed by atoms with Crippen LogP contribution < -0.4 is 10.1 Å². The van der Waals surface area contributed by atoms with Crippen LogP contribution in [0.4, 0.5) is 4.79 Å². The predicted molar refractivity (Wildman–Crippen MR) is 113 cm³/mol. The van der Waals surface area contributed by atoms with Crippen LogP contribution in [0.25, 0.3) is 0 Å². The second kappa shape index (κ2) is 10.6. The molecule has 0 saturated heterocycles. The number of carbonyl (C=O) groups excluding carboxylic acids is 1. The minimum atomic E-state index is -1.15. The van der Waals surface area contributed by atoms with E-state index in [0.29, 0.717) is 18.1 Å². The summed E-state index contributed by atoms with van der Waals surface area (Å²) in [5.74, 6) is 1.06. The third kappa shape index (κ3) is 6.05. The van der Waals surface area contributed by atoms with Gasteiger partial charge in [-0.25, -0.2) is 4.79 Å². The van der Waals surface area contributed by atoms with Gasteiger partial charge in [-0.05, 0) is 17.5 Å². The van der Waals surface area contributed by atoms with Crippen molar-refractivity contribution >= 4 is 6.09 Å². The van der Waals surface area contributed by atoms with E-state index in [-0.39, 0.29) is 18.3 Å². The summed E-state index contributed by atoms with van der Waals surface area (Å²) in [5, 5.41) is 17.4. The Morgan fingerprint density at radius 3 is 2.55 bits per heavy atom. The standard InChI is InChI=1S/C23H27N3O5/c1-15(2)20(25-23(28)30-14-16-9-5-4-6-10-16)21(27)22-24-19(31-26-22)13-17-11-7-8-12-18(17)29-3/h4-12,15,20-21,27H,13-14H2,1-3H3,(H,25,28)/t20-,21?/m0/s1. The number of hydrogen-bond donors (Lipinski definition) is 2. The SMILES string of the molecule is COc1ccccc1Cc1nc(C(O)[C@@H](NC(=O)OCc2ccccc2)C(C)C)no1.